The van der Waals surface area contributed by atoms with Crippen LogP contribution in [0.1, 0.15) is 55.8 Å². The molecule has 0 aliphatic rings. The van der Waals surface area contributed by atoms with Gasteiger partial charge in [-0.2, -0.15) is 0 Å². The minimum atomic E-state index is -0.849. The molecule has 0 atom stereocenters. The van der Waals surface area contributed by atoms with E-state index < -0.39 is 11.7 Å². The van der Waals surface area contributed by atoms with Gasteiger partial charge in [0.25, 0.3) is 5.91 Å². The summed E-state index contributed by atoms with van der Waals surface area (Å²) in [6.45, 7) is 2.14. The van der Waals surface area contributed by atoms with Gasteiger partial charge < -0.3 is 11.1 Å². The summed E-state index contributed by atoms with van der Waals surface area (Å²) in [6.07, 6.45) is 5.76. The molecule has 0 saturated heterocycles. The van der Waals surface area contributed by atoms with Crippen LogP contribution in [0.25, 0.3) is 0 Å². The van der Waals surface area contributed by atoms with E-state index in [1.54, 1.807) is 0 Å². The molecule has 1 aromatic carbocycles. The molecule has 3 N–H and O–H groups in total. The predicted molar refractivity (Wildman–Crippen MR) is 76.9 cm³/mol. The van der Waals surface area contributed by atoms with Crippen molar-refractivity contribution in [3.8, 4) is 0 Å². The van der Waals surface area contributed by atoms with Crippen LogP contribution in [0, 0.1) is 5.82 Å². The lowest BCUT2D eigenvalue weighted by atomic mass is 10.1. The van der Waals surface area contributed by atoms with Crippen molar-refractivity contribution in [2.75, 3.05) is 5.32 Å². The first kappa shape index (κ1) is 16.1. The van der Waals surface area contributed by atoms with Gasteiger partial charge in [0, 0.05) is 12.1 Å². The van der Waals surface area contributed by atoms with Gasteiger partial charge >= 0.3 is 0 Å². The molecule has 4 nitrogen and oxygen atoms in total. The number of hydrogen-bond acceptors (Lipinski definition) is 2. The van der Waals surface area contributed by atoms with Crippen molar-refractivity contribution in [3.05, 3.63) is 29.6 Å². The van der Waals surface area contributed by atoms with Crippen LogP contribution in [-0.2, 0) is 4.79 Å². The second-order valence-electron chi connectivity index (χ2n) is 4.77. The Morgan fingerprint density at radius 1 is 1.20 bits per heavy atom. The molecule has 110 valence electrons. The van der Waals surface area contributed by atoms with Crippen molar-refractivity contribution in [2.45, 2.75) is 45.4 Å². The number of anilines is 1. The van der Waals surface area contributed by atoms with E-state index in [9.17, 15) is 14.0 Å². The van der Waals surface area contributed by atoms with E-state index in [0.717, 1.165) is 31.7 Å². The van der Waals surface area contributed by atoms with E-state index in [2.05, 4.69) is 12.2 Å². The van der Waals surface area contributed by atoms with Gasteiger partial charge in [-0.3, -0.25) is 9.59 Å². The summed E-state index contributed by atoms with van der Waals surface area (Å²) in [5.74, 6) is -1.67. The molecule has 0 heterocycles. The first-order valence-corrected chi connectivity index (χ1v) is 6.93. The maximum atomic E-state index is 13.3. The largest absolute Gasteiger partial charge is 0.366 e. The van der Waals surface area contributed by atoms with Crippen LogP contribution in [0.2, 0.25) is 0 Å². The summed E-state index contributed by atoms with van der Waals surface area (Å²) in [5, 5.41) is 2.64. The number of carbonyl (C=O) groups is 2. The second-order valence-corrected chi connectivity index (χ2v) is 4.77. The number of carbonyl (C=O) groups excluding carboxylic acids is 2. The van der Waals surface area contributed by atoms with E-state index in [1.165, 1.54) is 18.6 Å². The average Bonchev–Trinajstić information content (AvgIpc) is 2.40. The molecule has 1 rings (SSSR count). The third-order valence-corrected chi connectivity index (χ3v) is 3.02. The molecule has 0 aliphatic carbocycles. The van der Waals surface area contributed by atoms with Gasteiger partial charge in [-0.15, -0.1) is 0 Å². The minimum absolute atomic E-state index is 0.136. The molecule has 0 saturated carbocycles. The smallest absolute Gasteiger partial charge is 0.251 e. The van der Waals surface area contributed by atoms with E-state index in [4.69, 9.17) is 5.73 Å². The molecule has 0 unspecified atom stereocenters. The van der Waals surface area contributed by atoms with E-state index >= 15 is 0 Å². The number of rotatable bonds is 8. The van der Waals surface area contributed by atoms with Crippen LogP contribution < -0.4 is 11.1 Å². The Balaban J connectivity index is 2.46. The first-order chi connectivity index (χ1) is 9.54. The molecule has 0 aliphatic heterocycles. The lowest BCUT2D eigenvalue weighted by Crippen LogP contribution is -2.15. The van der Waals surface area contributed by atoms with Crippen LogP contribution in [0.15, 0.2) is 18.2 Å². The number of hydrogen-bond donors (Lipinski definition) is 2. The van der Waals surface area contributed by atoms with Crippen LogP contribution in [0.3, 0.4) is 0 Å². The zero-order chi connectivity index (χ0) is 15.0. The summed E-state index contributed by atoms with van der Waals surface area (Å²) < 4.78 is 13.3. The molecule has 0 aromatic heterocycles. The highest BCUT2D eigenvalue weighted by Crippen LogP contribution is 2.15. The van der Waals surface area contributed by atoms with Crippen LogP contribution in [0.5, 0.6) is 0 Å². The van der Waals surface area contributed by atoms with Crippen molar-refractivity contribution in [2.24, 2.45) is 5.73 Å². The number of primary amides is 1. The van der Waals surface area contributed by atoms with E-state index in [1.807, 2.05) is 0 Å². The second kappa shape index (κ2) is 8.30. The molecule has 0 bridgehead atoms. The summed E-state index contributed by atoms with van der Waals surface area (Å²) in [7, 11) is 0. The topological polar surface area (TPSA) is 72.2 Å². The standard InChI is InChI=1S/C15H21FN2O2/c1-2-3-4-5-6-7-14(19)18-11-8-9-13(16)12(10-11)15(17)20/h8-10H,2-7H2,1H3,(H2,17,20)(H,18,19). The summed E-state index contributed by atoms with van der Waals surface area (Å²) in [6, 6.07) is 3.79. The van der Waals surface area contributed by atoms with Crippen LogP contribution in [0.4, 0.5) is 10.1 Å². The lowest BCUT2D eigenvalue weighted by Gasteiger charge is -2.07. The van der Waals surface area contributed by atoms with Crippen LogP contribution in [-0.4, -0.2) is 11.8 Å². The Morgan fingerprint density at radius 3 is 2.55 bits per heavy atom. The van der Waals surface area contributed by atoms with Gasteiger partial charge in [0.1, 0.15) is 5.82 Å². The number of halogens is 1. The zero-order valence-electron chi connectivity index (χ0n) is 11.7. The van der Waals surface area contributed by atoms with Gasteiger partial charge in [-0.1, -0.05) is 32.6 Å². The minimum Gasteiger partial charge on any atom is -0.366 e. The van der Waals surface area contributed by atoms with Crippen molar-refractivity contribution in [3.63, 3.8) is 0 Å². The highest BCUT2D eigenvalue weighted by Gasteiger charge is 2.10. The highest BCUT2D eigenvalue weighted by atomic mass is 19.1. The molecule has 5 heteroatoms. The van der Waals surface area contributed by atoms with Crippen molar-refractivity contribution in [1.29, 1.82) is 0 Å². The van der Waals surface area contributed by atoms with E-state index in [-0.39, 0.29) is 11.5 Å². The Bertz CT molecular complexity index is 475. The highest BCUT2D eigenvalue weighted by molar-refractivity contribution is 5.96. The fourth-order valence-electron chi connectivity index (χ4n) is 1.90. The fraction of sp³-hybridized carbons (Fsp3) is 0.467. The molecule has 1 aromatic rings. The maximum Gasteiger partial charge on any atom is 0.251 e. The number of amides is 2. The lowest BCUT2D eigenvalue weighted by molar-refractivity contribution is -0.116. The molecule has 0 fully saturated rings. The van der Waals surface area contributed by atoms with Crippen molar-refractivity contribution < 1.29 is 14.0 Å². The molecular formula is C15H21FN2O2. The van der Waals surface area contributed by atoms with Gasteiger partial charge in [0.15, 0.2) is 0 Å². The van der Waals surface area contributed by atoms with Gasteiger partial charge in [-0.25, -0.2) is 4.39 Å². The molecule has 0 spiro atoms. The Morgan fingerprint density at radius 2 is 1.90 bits per heavy atom. The fourth-order valence-corrected chi connectivity index (χ4v) is 1.90. The average molecular weight is 280 g/mol. The van der Waals surface area contributed by atoms with E-state index in [0.29, 0.717) is 12.1 Å². The van der Waals surface area contributed by atoms with Gasteiger partial charge in [0.2, 0.25) is 5.91 Å². The Labute approximate surface area is 118 Å². The van der Waals surface area contributed by atoms with Crippen molar-refractivity contribution >= 4 is 17.5 Å². The number of nitrogens with two attached hydrogens (primary N) is 1. The monoisotopic (exact) mass is 280 g/mol. The first-order valence-electron chi connectivity index (χ1n) is 6.93. The quantitative estimate of drug-likeness (QED) is 0.718. The normalized spacial score (nSPS) is 10.3. The molecular weight excluding hydrogens is 259 g/mol. The van der Waals surface area contributed by atoms with Gasteiger partial charge in [0.05, 0.1) is 5.56 Å². The summed E-state index contributed by atoms with van der Waals surface area (Å²) in [4.78, 5) is 22.7. The Hall–Kier alpha value is -1.91. The maximum absolute atomic E-state index is 13.3. The predicted octanol–water partition coefficient (Wildman–Crippen LogP) is 3.22. The summed E-state index contributed by atoms with van der Waals surface area (Å²) >= 11 is 0. The zero-order valence-corrected chi connectivity index (χ0v) is 11.7. The molecule has 0 radical (unpaired) electrons. The molecule has 20 heavy (non-hydrogen) atoms. The molecule has 2 amide bonds. The summed E-state index contributed by atoms with van der Waals surface area (Å²) in [5.41, 5.74) is 5.22. The third-order valence-electron chi connectivity index (χ3n) is 3.02. The van der Waals surface area contributed by atoms with Crippen molar-refractivity contribution in [1.82, 2.24) is 0 Å². The SMILES string of the molecule is CCCCCCCC(=O)Nc1ccc(F)c(C(N)=O)c1. The van der Waals surface area contributed by atoms with Crippen LogP contribution >= 0.6 is 0 Å². The number of nitrogens with one attached hydrogen (secondary N) is 1. The number of benzene rings is 1. The third kappa shape index (κ3) is 5.38. The van der Waals surface area contributed by atoms with Gasteiger partial charge in [-0.05, 0) is 24.6 Å². The number of unbranched alkanes of at least 4 members (excludes halogenated alkanes) is 4. The Kier molecular flexibility index (Phi) is 6.70.